The number of carbonyl (C=O) groups is 1. The third-order valence-electron chi connectivity index (χ3n) is 3.15. The van der Waals surface area contributed by atoms with Gasteiger partial charge < -0.3 is 14.7 Å². The van der Waals surface area contributed by atoms with Crippen LogP contribution in [0, 0.1) is 0 Å². The number of aromatic nitrogens is 3. The van der Waals surface area contributed by atoms with Gasteiger partial charge in [-0.25, -0.2) is 0 Å². The molecule has 0 fully saturated rings. The van der Waals surface area contributed by atoms with Gasteiger partial charge in [-0.05, 0) is 24.4 Å². The molecule has 0 aromatic carbocycles. The fraction of sp³-hybridized carbons (Fsp3) is 0.357. The van der Waals surface area contributed by atoms with Gasteiger partial charge in [-0.2, -0.15) is 0 Å². The summed E-state index contributed by atoms with van der Waals surface area (Å²) in [6.07, 6.45) is 0. The summed E-state index contributed by atoms with van der Waals surface area (Å²) in [5.41, 5.74) is 1.50. The first-order valence-electron chi connectivity index (χ1n) is 6.75. The molecule has 1 amide bonds. The monoisotopic (exact) mass is 304 g/mol. The topological polar surface area (TPSA) is 83.8 Å². The molecular formula is C14H16N4O2S. The largest absolute Gasteiger partial charge is 0.423 e. The fourth-order valence-electron chi connectivity index (χ4n) is 1.96. The predicted octanol–water partition coefficient (Wildman–Crippen LogP) is 3.23. The lowest BCUT2D eigenvalue weighted by Gasteiger charge is -2.08. The van der Waals surface area contributed by atoms with Crippen molar-refractivity contribution in [2.45, 2.75) is 32.7 Å². The van der Waals surface area contributed by atoms with Crippen LogP contribution in [0.2, 0.25) is 0 Å². The van der Waals surface area contributed by atoms with Gasteiger partial charge in [-0.1, -0.05) is 13.8 Å². The molecule has 3 heterocycles. The van der Waals surface area contributed by atoms with E-state index in [0.717, 1.165) is 10.2 Å². The van der Waals surface area contributed by atoms with E-state index in [1.165, 1.54) is 0 Å². The minimum absolute atomic E-state index is 0.171. The molecule has 21 heavy (non-hydrogen) atoms. The van der Waals surface area contributed by atoms with Gasteiger partial charge in [0.15, 0.2) is 0 Å². The Kier molecular flexibility index (Phi) is 3.50. The first-order valence-corrected chi connectivity index (χ1v) is 7.63. The van der Waals surface area contributed by atoms with Crippen molar-refractivity contribution in [1.29, 1.82) is 0 Å². The number of carbonyl (C=O) groups excluding carboxylic acids is 1. The second kappa shape index (κ2) is 5.33. The molecule has 3 aromatic rings. The number of hydrogen-bond donors (Lipinski definition) is 2. The lowest BCUT2D eigenvalue weighted by atomic mass is 10.2. The number of fused-ring (bicyclic) bond motifs is 1. The second-order valence-corrected chi connectivity index (χ2v) is 6.16. The number of nitrogens with zero attached hydrogens (tertiary/aromatic N) is 2. The van der Waals surface area contributed by atoms with E-state index < -0.39 is 0 Å². The molecule has 0 aliphatic heterocycles. The van der Waals surface area contributed by atoms with E-state index in [2.05, 4.69) is 20.5 Å². The van der Waals surface area contributed by atoms with Crippen LogP contribution in [0.25, 0.3) is 10.2 Å². The van der Waals surface area contributed by atoms with Gasteiger partial charge in [-0.15, -0.1) is 21.5 Å². The highest BCUT2D eigenvalue weighted by Gasteiger charge is 2.19. The number of hydrogen-bond acceptors (Lipinski definition) is 5. The molecule has 0 aliphatic carbocycles. The maximum atomic E-state index is 12.2. The van der Waals surface area contributed by atoms with E-state index in [9.17, 15) is 4.79 Å². The van der Waals surface area contributed by atoms with Crippen molar-refractivity contribution >= 4 is 27.5 Å². The van der Waals surface area contributed by atoms with E-state index >= 15 is 0 Å². The van der Waals surface area contributed by atoms with Gasteiger partial charge in [0.25, 0.3) is 5.91 Å². The first-order chi connectivity index (χ1) is 10.0. The van der Waals surface area contributed by atoms with Crippen molar-refractivity contribution in [2.75, 3.05) is 0 Å². The molecule has 7 heteroatoms. The van der Waals surface area contributed by atoms with E-state index in [1.54, 1.807) is 11.3 Å². The van der Waals surface area contributed by atoms with Crippen molar-refractivity contribution in [3.63, 3.8) is 0 Å². The number of thiophene rings is 1. The van der Waals surface area contributed by atoms with E-state index in [4.69, 9.17) is 4.42 Å². The van der Waals surface area contributed by atoms with Crippen molar-refractivity contribution in [1.82, 2.24) is 20.5 Å². The molecule has 1 atom stereocenters. The highest BCUT2D eigenvalue weighted by atomic mass is 32.1. The number of amides is 1. The van der Waals surface area contributed by atoms with Crippen LogP contribution in [0.15, 0.2) is 21.9 Å². The third-order valence-corrected chi connectivity index (χ3v) is 4.02. The standard InChI is InChI=1S/C14H16N4O2S/c1-7(2)13-17-18-14(20-13)8(3)15-12(19)10-6-11-9(16-10)4-5-21-11/h4-8,16H,1-3H3,(H,15,19). The van der Waals surface area contributed by atoms with E-state index in [0.29, 0.717) is 17.5 Å². The Morgan fingerprint density at radius 3 is 2.76 bits per heavy atom. The highest BCUT2D eigenvalue weighted by Crippen LogP contribution is 2.22. The van der Waals surface area contributed by atoms with Gasteiger partial charge in [0.05, 0.1) is 10.2 Å². The number of H-pyrrole nitrogens is 1. The molecule has 3 rings (SSSR count). The number of nitrogens with one attached hydrogen (secondary N) is 2. The van der Waals surface area contributed by atoms with Crippen molar-refractivity contribution in [3.8, 4) is 0 Å². The van der Waals surface area contributed by atoms with Gasteiger partial charge in [0.1, 0.15) is 11.7 Å². The lowest BCUT2D eigenvalue weighted by molar-refractivity contribution is 0.0929. The fourth-order valence-corrected chi connectivity index (χ4v) is 2.74. The Hall–Kier alpha value is -2.15. The Bertz CT molecular complexity index is 742. The highest BCUT2D eigenvalue weighted by molar-refractivity contribution is 7.17. The van der Waals surface area contributed by atoms with Crippen molar-refractivity contribution < 1.29 is 9.21 Å². The van der Waals surface area contributed by atoms with Crippen LogP contribution in [0.3, 0.4) is 0 Å². The summed E-state index contributed by atoms with van der Waals surface area (Å²) in [6.45, 7) is 5.78. The summed E-state index contributed by atoms with van der Waals surface area (Å²) >= 11 is 1.60. The van der Waals surface area contributed by atoms with Gasteiger partial charge in [0.2, 0.25) is 11.8 Å². The summed E-state index contributed by atoms with van der Waals surface area (Å²) in [6, 6.07) is 3.46. The SMILES string of the molecule is CC(C)c1nnc(C(C)NC(=O)c2cc3sccc3[nH]2)o1. The Balaban J connectivity index is 1.72. The molecule has 2 N–H and O–H groups in total. The molecule has 0 saturated heterocycles. The molecule has 110 valence electrons. The van der Waals surface area contributed by atoms with Crippen molar-refractivity contribution in [2.24, 2.45) is 0 Å². The molecule has 3 aromatic heterocycles. The molecule has 6 nitrogen and oxygen atoms in total. The first kappa shape index (κ1) is 13.8. The van der Waals surface area contributed by atoms with Gasteiger partial charge in [-0.3, -0.25) is 4.79 Å². The molecule has 0 bridgehead atoms. The molecule has 0 radical (unpaired) electrons. The van der Waals surface area contributed by atoms with Crippen LogP contribution >= 0.6 is 11.3 Å². The lowest BCUT2D eigenvalue weighted by Crippen LogP contribution is -2.27. The maximum absolute atomic E-state index is 12.2. The second-order valence-electron chi connectivity index (χ2n) is 5.21. The quantitative estimate of drug-likeness (QED) is 0.775. The van der Waals surface area contributed by atoms with Crippen LogP contribution in [-0.2, 0) is 0 Å². The maximum Gasteiger partial charge on any atom is 0.268 e. The van der Waals surface area contributed by atoms with Crippen LogP contribution in [0.5, 0.6) is 0 Å². The van der Waals surface area contributed by atoms with Crippen LogP contribution in [0.4, 0.5) is 0 Å². The number of aromatic amines is 1. The van der Waals surface area contributed by atoms with E-state index in [-0.39, 0.29) is 17.9 Å². The smallest absolute Gasteiger partial charge is 0.268 e. The molecule has 0 aliphatic rings. The Morgan fingerprint density at radius 1 is 1.33 bits per heavy atom. The number of rotatable bonds is 4. The summed E-state index contributed by atoms with van der Waals surface area (Å²) in [4.78, 5) is 15.3. The summed E-state index contributed by atoms with van der Waals surface area (Å²) in [5, 5.41) is 12.8. The van der Waals surface area contributed by atoms with Gasteiger partial charge in [0, 0.05) is 5.92 Å². The molecule has 0 saturated carbocycles. The van der Waals surface area contributed by atoms with Crippen molar-refractivity contribution in [3.05, 3.63) is 35.0 Å². The van der Waals surface area contributed by atoms with Gasteiger partial charge >= 0.3 is 0 Å². The average Bonchev–Trinajstić information content (AvgIpc) is 3.13. The normalized spacial score (nSPS) is 13.0. The zero-order valence-electron chi connectivity index (χ0n) is 12.0. The zero-order chi connectivity index (χ0) is 15.0. The van der Waals surface area contributed by atoms with Crippen LogP contribution in [-0.4, -0.2) is 21.1 Å². The predicted molar refractivity (Wildman–Crippen MR) is 80.4 cm³/mol. The minimum atomic E-state index is -0.334. The van der Waals surface area contributed by atoms with E-state index in [1.807, 2.05) is 38.3 Å². The Labute approximate surface area is 125 Å². The average molecular weight is 304 g/mol. The molecule has 0 spiro atoms. The summed E-state index contributed by atoms with van der Waals surface area (Å²) < 4.78 is 6.61. The summed E-state index contributed by atoms with van der Waals surface area (Å²) in [5.74, 6) is 0.978. The Morgan fingerprint density at radius 2 is 2.10 bits per heavy atom. The molecule has 1 unspecified atom stereocenters. The summed E-state index contributed by atoms with van der Waals surface area (Å²) in [7, 11) is 0. The van der Waals surface area contributed by atoms with Crippen LogP contribution < -0.4 is 5.32 Å². The molecular weight excluding hydrogens is 288 g/mol. The third kappa shape index (κ3) is 2.69. The minimum Gasteiger partial charge on any atom is -0.423 e. The van der Waals surface area contributed by atoms with Crippen LogP contribution in [0.1, 0.15) is 55.0 Å². The zero-order valence-corrected chi connectivity index (χ0v) is 12.8.